The molecule has 1 saturated heterocycles. The molecule has 2 heterocycles. The number of benzene rings is 1. The summed E-state index contributed by atoms with van der Waals surface area (Å²) in [4.78, 5) is 26.2. The van der Waals surface area contributed by atoms with Crippen molar-refractivity contribution in [2.45, 2.75) is 31.8 Å². The van der Waals surface area contributed by atoms with Gasteiger partial charge in [-0.2, -0.15) is 0 Å². The molecular formula is C19H22FN3O5. The van der Waals surface area contributed by atoms with Gasteiger partial charge in [-0.05, 0) is 24.8 Å². The third kappa shape index (κ3) is 2.61. The average Bonchev–Trinajstić information content (AvgIpc) is 3.42. The van der Waals surface area contributed by atoms with Gasteiger partial charge in [-0.3, -0.25) is 4.79 Å². The van der Waals surface area contributed by atoms with E-state index in [1.54, 1.807) is 4.90 Å². The number of ether oxygens (including phenoxy) is 1. The van der Waals surface area contributed by atoms with Crippen LogP contribution in [0.1, 0.15) is 36.3 Å². The Morgan fingerprint density at radius 1 is 1.36 bits per heavy atom. The van der Waals surface area contributed by atoms with Crippen LogP contribution in [0.15, 0.2) is 10.9 Å². The minimum Gasteiger partial charge on any atom is -0.502 e. The molecule has 2 fully saturated rings. The van der Waals surface area contributed by atoms with Crippen molar-refractivity contribution in [3.05, 3.63) is 27.8 Å². The Balaban J connectivity index is 2.11. The molecule has 150 valence electrons. The lowest BCUT2D eigenvalue weighted by Gasteiger charge is -2.25. The number of fused-ring (bicyclic) bond motifs is 1. The summed E-state index contributed by atoms with van der Waals surface area (Å²) < 4.78 is 22.0. The third-order valence-corrected chi connectivity index (χ3v) is 5.65. The number of aromatic hydroxyl groups is 1. The number of anilines is 1. The van der Waals surface area contributed by atoms with Crippen molar-refractivity contribution < 1.29 is 24.1 Å². The third-order valence-electron chi connectivity index (χ3n) is 5.65. The van der Waals surface area contributed by atoms with Crippen LogP contribution < -0.4 is 20.8 Å². The van der Waals surface area contributed by atoms with Crippen molar-refractivity contribution in [1.29, 1.82) is 0 Å². The van der Waals surface area contributed by atoms with E-state index in [0.717, 1.165) is 6.07 Å². The molecule has 0 radical (unpaired) electrons. The van der Waals surface area contributed by atoms with E-state index < -0.39 is 28.7 Å². The standard InChI is InChI=1S/C19H22FN3O5/c1-8-6-22(7-12(8)21)14-11(20)5-10-13(18(14)28-2)23(9-3-4-9)15(19(26)27)17(25)16(10)24/h5,8-9,12,25H,3-4,6-7,21H2,1-2H3,(H,26,27)/t8-,12+/m1/s1. The summed E-state index contributed by atoms with van der Waals surface area (Å²) in [6.07, 6.45) is 1.39. The van der Waals surface area contributed by atoms with E-state index in [1.165, 1.54) is 11.7 Å². The second kappa shape index (κ2) is 6.37. The Hall–Kier alpha value is -2.81. The van der Waals surface area contributed by atoms with Gasteiger partial charge in [-0.1, -0.05) is 6.92 Å². The molecule has 1 aliphatic heterocycles. The summed E-state index contributed by atoms with van der Waals surface area (Å²) in [5.41, 5.74) is 5.00. The van der Waals surface area contributed by atoms with E-state index >= 15 is 4.39 Å². The summed E-state index contributed by atoms with van der Waals surface area (Å²) in [5, 5.41) is 19.7. The van der Waals surface area contributed by atoms with E-state index in [-0.39, 0.29) is 40.3 Å². The molecule has 1 aromatic heterocycles. The SMILES string of the molecule is COc1c(N2C[C@@H](C)[C@@H](N)C2)c(F)cc2c(=O)c(O)c(C(=O)O)n(C3CC3)c12. The summed E-state index contributed by atoms with van der Waals surface area (Å²) in [5.74, 6) is -2.76. The fourth-order valence-electron chi connectivity index (χ4n) is 4.04. The minimum atomic E-state index is -1.42. The molecule has 1 aliphatic carbocycles. The fourth-order valence-corrected chi connectivity index (χ4v) is 4.04. The largest absolute Gasteiger partial charge is 0.502 e. The van der Waals surface area contributed by atoms with Crippen LogP contribution in [0.25, 0.3) is 10.9 Å². The van der Waals surface area contributed by atoms with E-state index in [4.69, 9.17) is 10.5 Å². The van der Waals surface area contributed by atoms with Crippen molar-refractivity contribution in [3.63, 3.8) is 0 Å². The number of hydrogen-bond acceptors (Lipinski definition) is 6. The number of rotatable bonds is 4. The molecule has 4 rings (SSSR count). The molecule has 0 unspecified atom stereocenters. The maximum absolute atomic E-state index is 15.1. The highest BCUT2D eigenvalue weighted by atomic mass is 19.1. The van der Waals surface area contributed by atoms with Gasteiger partial charge in [0, 0.05) is 25.2 Å². The van der Waals surface area contributed by atoms with Gasteiger partial charge in [0.2, 0.25) is 5.43 Å². The Labute approximate surface area is 159 Å². The van der Waals surface area contributed by atoms with Gasteiger partial charge in [-0.15, -0.1) is 0 Å². The fraction of sp³-hybridized carbons (Fsp3) is 0.474. The first-order valence-corrected chi connectivity index (χ1v) is 9.17. The van der Waals surface area contributed by atoms with Crippen LogP contribution in [0.2, 0.25) is 0 Å². The number of pyridine rings is 1. The summed E-state index contributed by atoms with van der Waals surface area (Å²) in [7, 11) is 1.35. The lowest BCUT2D eigenvalue weighted by Crippen LogP contribution is -2.29. The lowest BCUT2D eigenvalue weighted by molar-refractivity contribution is 0.0680. The first kappa shape index (κ1) is 18.5. The zero-order valence-electron chi connectivity index (χ0n) is 15.6. The molecule has 2 aliphatic rings. The van der Waals surface area contributed by atoms with Crippen molar-refractivity contribution in [2.24, 2.45) is 11.7 Å². The van der Waals surface area contributed by atoms with Crippen LogP contribution in [0, 0.1) is 11.7 Å². The number of carboxylic acids is 1. The van der Waals surface area contributed by atoms with Crippen molar-refractivity contribution in [1.82, 2.24) is 4.57 Å². The van der Waals surface area contributed by atoms with E-state index in [2.05, 4.69) is 0 Å². The van der Waals surface area contributed by atoms with Gasteiger partial charge in [0.15, 0.2) is 23.0 Å². The Morgan fingerprint density at radius 3 is 2.54 bits per heavy atom. The molecule has 2 aromatic rings. The van der Waals surface area contributed by atoms with Crippen LogP contribution in [-0.4, -0.2) is 47.0 Å². The smallest absolute Gasteiger partial charge is 0.356 e. The predicted molar refractivity (Wildman–Crippen MR) is 101 cm³/mol. The lowest BCUT2D eigenvalue weighted by atomic mass is 10.1. The number of halogens is 1. The second-order valence-corrected chi connectivity index (χ2v) is 7.62. The molecule has 8 nitrogen and oxygen atoms in total. The molecule has 1 saturated carbocycles. The number of nitrogens with zero attached hydrogens (tertiary/aromatic N) is 2. The minimum absolute atomic E-state index is 0.0859. The topological polar surface area (TPSA) is 118 Å². The zero-order chi connectivity index (χ0) is 20.3. The number of aromatic nitrogens is 1. The predicted octanol–water partition coefficient (Wildman–Crippen LogP) is 1.67. The van der Waals surface area contributed by atoms with Gasteiger partial charge >= 0.3 is 5.97 Å². The highest BCUT2D eigenvalue weighted by Crippen LogP contribution is 2.46. The van der Waals surface area contributed by atoms with Gasteiger partial charge in [0.05, 0.1) is 18.0 Å². The quantitative estimate of drug-likeness (QED) is 0.725. The van der Waals surface area contributed by atoms with Crippen LogP contribution in [0.3, 0.4) is 0 Å². The Bertz CT molecular complexity index is 1040. The average molecular weight is 391 g/mol. The van der Waals surface area contributed by atoms with E-state index in [9.17, 15) is 19.8 Å². The molecular weight excluding hydrogens is 369 g/mol. The molecule has 2 atom stereocenters. The van der Waals surface area contributed by atoms with Gasteiger partial charge in [-0.25, -0.2) is 9.18 Å². The van der Waals surface area contributed by atoms with Crippen LogP contribution in [0.4, 0.5) is 10.1 Å². The summed E-state index contributed by atoms with van der Waals surface area (Å²) in [6.45, 7) is 2.89. The molecule has 28 heavy (non-hydrogen) atoms. The number of nitrogens with two attached hydrogens (primary N) is 1. The Kier molecular flexibility index (Phi) is 4.22. The molecule has 0 spiro atoms. The zero-order valence-corrected chi connectivity index (χ0v) is 15.6. The molecule has 0 amide bonds. The number of carbonyl (C=O) groups is 1. The van der Waals surface area contributed by atoms with Crippen LogP contribution in [-0.2, 0) is 0 Å². The maximum atomic E-state index is 15.1. The summed E-state index contributed by atoms with van der Waals surface area (Å²) >= 11 is 0. The first-order chi connectivity index (χ1) is 13.3. The van der Waals surface area contributed by atoms with Crippen molar-refractivity contribution in [2.75, 3.05) is 25.1 Å². The number of methoxy groups -OCH3 is 1. The highest BCUT2D eigenvalue weighted by molar-refractivity contribution is 5.98. The normalized spacial score (nSPS) is 22.1. The highest BCUT2D eigenvalue weighted by Gasteiger charge is 2.37. The molecule has 9 heteroatoms. The maximum Gasteiger partial charge on any atom is 0.356 e. The van der Waals surface area contributed by atoms with Gasteiger partial charge in [0.25, 0.3) is 0 Å². The van der Waals surface area contributed by atoms with Crippen LogP contribution >= 0.6 is 0 Å². The van der Waals surface area contributed by atoms with Crippen LogP contribution in [0.5, 0.6) is 11.5 Å². The number of aromatic carboxylic acids is 1. The monoisotopic (exact) mass is 391 g/mol. The molecule has 1 aromatic carbocycles. The van der Waals surface area contributed by atoms with Crippen molar-refractivity contribution >= 4 is 22.6 Å². The summed E-state index contributed by atoms with van der Waals surface area (Å²) in [6, 6.07) is 0.709. The van der Waals surface area contributed by atoms with E-state index in [0.29, 0.717) is 25.9 Å². The number of carboxylic acid groups (broad SMARTS) is 1. The van der Waals surface area contributed by atoms with Gasteiger partial charge in [0.1, 0.15) is 5.69 Å². The molecule has 0 bridgehead atoms. The Morgan fingerprint density at radius 2 is 2.04 bits per heavy atom. The van der Waals surface area contributed by atoms with Gasteiger partial charge < -0.3 is 30.2 Å². The molecule has 4 N–H and O–H groups in total. The second-order valence-electron chi connectivity index (χ2n) is 7.62. The first-order valence-electron chi connectivity index (χ1n) is 9.17. The number of hydrogen-bond donors (Lipinski definition) is 3. The van der Waals surface area contributed by atoms with Crippen molar-refractivity contribution in [3.8, 4) is 11.5 Å². The van der Waals surface area contributed by atoms with E-state index in [1.807, 2.05) is 6.92 Å².